The summed E-state index contributed by atoms with van der Waals surface area (Å²) in [6.45, 7) is 3.73. The minimum Gasteiger partial charge on any atom is -0.480 e. The number of carbonyl (C=O) groups is 4. The van der Waals surface area contributed by atoms with Gasteiger partial charge < -0.3 is 55.8 Å². The van der Waals surface area contributed by atoms with Gasteiger partial charge in [0.05, 0.1) is 36.7 Å². The number of aromatic nitrogens is 2. The third-order valence-corrected chi connectivity index (χ3v) is 11.3. The molecule has 1 aromatic heterocycles. The molecule has 61 heavy (non-hydrogen) atoms. The van der Waals surface area contributed by atoms with E-state index in [1.165, 1.54) is 0 Å². The van der Waals surface area contributed by atoms with Gasteiger partial charge in [-0.15, -0.1) is 11.8 Å². The number of carboxylic acids is 1. The lowest BCUT2D eigenvalue weighted by atomic mass is 9.89. The van der Waals surface area contributed by atoms with Crippen molar-refractivity contribution in [3.05, 3.63) is 77.8 Å². The van der Waals surface area contributed by atoms with E-state index in [1.54, 1.807) is 18.0 Å². The molecular weight excluding hydrogens is 822 g/mol. The molecule has 5 atom stereocenters. The Labute approximate surface area is 356 Å². The van der Waals surface area contributed by atoms with Crippen molar-refractivity contribution >= 4 is 35.8 Å². The van der Waals surface area contributed by atoms with Gasteiger partial charge in [0.25, 0.3) is 0 Å². The van der Waals surface area contributed by atoms with Crippen molar-refractivity contribution in [2.24, 2.45) is 17.6 Å². The average molecular weight is 877 g/mol. The summed E-state index contributed by atoms with van der Waals surface area (Å²) in [5.74, 6) is -2.87. The van der Waals surface area contributed by atoms with Crippen LogP contribution in [0.3, 0.4) is 0 Å². The lowest BCUT2D eigenvalue weighted by Crippen LogP contribution is -2.52. The first-order valence-electron chi connectivity index (χ1n) is 20.3. The average Bonchev–Trinajstić information content (AvgIpc) is 3.85. The lowest BCUT2D eigenvalue weighted by Gasteiger charge is -2.40. The van der Waals surface area contributed by atoms with Gasteiger partial charge in [-0.2, -0.15) is 0 Å². The van der Waals surface area contributed by atoms with Crippen molar-refractivity contribution in [3.63, 3.8) is 0 Å². The number of nitrogens with one attached hydrogen (secondary N) is 4. The standard InChI is InChI=1S/C41H55F3N8O8S/c1-26(23-60-41(57)48-12-16-59-15-11-47-36(53)25-61-24-34(45)39(54)55)49-40(56)52(21-29-18-46-19-33(29)44)37(28-9-13-58-14-10-28)38-50-35(31-17-30(42)7-8-32(31)43)22-51(38)20-27-5-3-2-4-6-27/h2-8,17,22,26,28-29,33-34,37,46H,9-16,18-21,23-25,45H2,1H3,(H,47,53)(H,48,57)(H,49,56)(H,54,55). The second kappa shape index (κ2) is 23.9. The van der Waals surface area contributed by atoms with Crippen molar-refractivity contribution in [3.8, 4) is 11.3 Å². The number of carboxylic acid groups (broad SMARTS) is 1. The monoisotopic (exact) mass is 876 g/mol. The van der Waals surface area contributed by atoms with E-state index in [2.05, 4.69) is 21.3 Å². The Morgan fingerprint density at radius 2 is 1.82 bits per heavy atom. The number of ether oxygens (including phenoxy) is 3. The van der Waals surface area contributed by atoms with E-state index in [9.17, 15) is 23.6 Å². The van der Waals surface area contributed by atoms with E-state index in [4.69, 9.17) is 30.0 Å². The quantitative estimate of drug-likeness (QED) is 0.0804. The Morgan fingerprint density at radius 1 is 1.08 bits per heavy atom. The van der Waals surface area contributed by atoms with Crippen LogP contribution >= 0.6 is 11.8 Å². The van der Waals surface area contributed by atoms with Crippen LogP contribution in [0.5, 0.6) is 0 Å². The fraction of sp³-hybridized carbons (Fsp3) is 0.537. The van der Waals surface area contributed by atoms with Gasteiger partial charge in [-0.05, 0) is 49.4 Å². The van der Waals surface area contributed by atoms with E-state index in [0.29, 0.717) is 45.0 Å². The summed E-state index contributed by atoms with van der Waals surface area (Å²) in [7, 11) is 0. The number of hydrogen-bond donors (Lipinski definition) is 6. The van der Waals surface area contributed by atoms with E-state index < -0.39 is 59.9 Å². The molecule has 16 nitrogen and oxygen atoms in total. The number of imidazole rings is 1. The van der Waals surface area contributed by atoms with E-state index in [0.717, 1.165) is 35.5 Å². The van der Waals surface area contributed by atoms with E-state index >= 15 is 8.78 Å². The maximum atomic E-state index is 15.3. The van der Waals surface area contributed by atoms with Gasteiger partial charge in [0.2, 0.25) is 5.91 Å². The minimum atomic E-state index is -1.22. The predicted molar refractivity (Wildman–Crippen MR) is 221 cm³/mol. The number of halogens is 3. The number of nitrogens with zero attached hydrogens (tertiary/aromatic N) is 3. The molecule has 2 aliphatic rings. The van der Waals surface area contributed by atoms with Gasteiger partial charge in [-0.25, -0.2) is 27.7 Å². The zero-order valence-electron chi connectivity index (χ0n) is 34.0. The summed E-state index contributed by atoms with van der Waals surface area (Å²) in [4.78, 5) is 56.2. The second-order valence-electron chi connectivity index (χ2n) is 15.0. The SMILES string of the molecule is CC(COC(=O)NCCOCCNC(=O)CSCC(N)C(=O)O)NC(=O)N(CC1CNCC1F)C(c1nc(-c2cc(F)ccc2F)cn1Cc1ccccc1)C1CCOCC1. The summed E-state index contributed by atoms with van der Waals surface area (Å²) >= 11 is 1.11. The number of alkyl halides is 1. The predicted octanol–water partition coefficient (Wildman–Crippen LogP) is 3.31. The van der Waals surface area contributed by atoms with Crippen LogP contribution in [0.4, 0.5) is 22.8 Å². The van der Waals surface area contributed by atoms with Crippen LogP contribution in [0.1, 0.15) is 37.2 Å². The third kappa shape index (κ3) is 14.6. The molecule has 2 aromatic carbocycles. The molecule has 0 spiro atoms. The molecule has 3 heterocycles. The molecule has 20 heteroatoms. The Bertz CT molecular complexity index is 1890. The fourth-order valence-corrected chi connectivity index (χ4v) is 7.87. The van der Waals surface area contributed by atoms with Crippen molar-refractivity contribution in [1.82, 2.24) is 35.7 Å². The number of aliphatic carboxylic acids is 1. The number of alkyl carbamates (subject to hydrolysis) is 1. The van der Waals surface area contributed by atoms with Crippen LogP contribution in [0, 0.1) is 23.5 Å². The zero-order chi connectivity index (χ0) is 43.7. The molecule has 2 aliphatic heterocycles. The molecule has 7 N–H and O–H groups in total. The molecule has 0 radical (unpaired) electrons. The highest BCUT2D eigenvalue weighted by atomic mass is 32.2. The van der Waals surface area contributed by atoms with Crippen LogP contribution in [-0.2, 0) is 30.3 Å². The third-order valence-electron chi connectivity index (χ3n) is 10.2. The van der Waals surface area contributed by atoms with Gasteiger partial charge in [-0.3, -0.25) is 9.59 Å². The summed E-state index contributed by atoms with van der Waals surface area (Å²) in [6, 6.07) is 9.68. The molecular formula is C41H55F3N8O8S. The first-order valence-corrected chi connectivity index (χ1v) is 21.4. The minimum absolute atomic E-state index is 0.0160. The number of hydrogen-bond acceptors (Lipinski definition) is 11. The molecule has 5 rings (SSSR count). The Kier molecular flexibility index (Phi) is 18.5. The fourth-order valence-electron chi connectivity index (χ4n) is 7.07. The summed E-state index contributed by atoms with van der Waals surface area (Å²) in [5.41, 5.74) is 6.47. The number of benzene rings is 2. The summed E-state index contributed by atoms with van der Waals surface area (Å²) in [5, 5.41) is 20.0. The largest absolute Gasteiger partial charge is 0.480 e. The van der Waals surface area contributed by atoms with Gasteiger partial charge in [-0.1, -0.05) is 30.3 Å². The first-order chi connectivity index (χ1) is 29.4. The molecule has 0 aliphatic carbocycles. The lowest BCUT2D eigenvalue weighted by molar-refractivity contribution is -0.138. The van der Waals surface area contributed by atoms with Crippen LogP contribution in [0.25, 0.3) is 11.3 Å². The molecule has 0 bridgehead atoms. The van der Waals surface area contributed by atoms with Gasteiger partial charge in [0.15, 0.2) is 0 Å². The summed E-state index contributed by atoms with van der Waals surface area (Å²) in [6.07, 6.45) is 0.797. The highest BCUT2D eigenvalue weighted by Crippen LogP contribution is 2.38. The van der Waals surface area contributed by atoms with Crippen molar-refractivity contribution in [1.29, 1.82) is 0 Å². The number of nitrogens with two attached hydrogens (primary N) is 1. The first kappa shape index (κ1) is 47.2. The molecule has 5 unspecified atom stereocenters. The van der Waals surface area contributed by atoms with E-state index in [1.807, 2.05) is 34.9 Å². The normalized spacial score (nSPS) is 18.2. The van der Waals surface area contributed by atoms with Gasteiger partial charge in [0, 0.05) is 75.9 Å². The van der Waals surface area contributed by atoms with Crippen molar-refractivity contribution in [2.75, 3.05) is 77.3 Å². The zero-order valence-corrected chi connectivity index (χ0v) is 34.8. The van der Waals surface area contributed by atoms with Crippen molar-refractivity contribution < 1.29 is 51.7 Å². The number of amides is 4. The smallest absolute Gasteiger partial charge is 0.407 e. The Morgan fingerprint density at radius 3 is 2.52 bits per heavy atom. The van der Waals surface area contributed by atoms with Crippen LogP contribution in [0.2, 0.25) is 0 Å². The number of rotatable bonds is 22. The topological polar surface area (TPSA) is 211 Å². The van der Waals surface area contributed by atoms with Gasteiger partial charge >= 0.3 is 18.1 Å². The van der Waals surface area contributed by atoms with Crippen LogP contribution < -0.4 is 27.0 Å². The van der Waals surface area contributed by atoms with Gasteiger partial charge in [0.1, 0.15) is 36.3 Å². The molecule has 3 aromatic rings. The van der Waals surface area contributed by atoms with E-state index in [-0.39, 0.29) is 80.6 Å². The van der Waals surface area contributed by atoms with Crippen molar-refractivity contribution in [2.45, 2.75) is 50.6 Å². The number of urea groups is 1. The molecule has 334 valence electrons. The van der Waals surface area contributed by atoms with Crippen LogP contribution in [-0.4, -0.2) is 139 Å². The summed E-state index contributed by atoms with van der Waals surface area (Å²) < 4.78 is 63.4. The Hall–Kier alpha value is -4.89. The number of thioether (sulfide) groups is 1. The molecule has 2 fully saturated rings. The molecule has 4 amide bonds. The maximum absolute atomic E-state index is 15.3. The molecule has 2 saturated heterocycles. The highest BCUT2D eigenvalue weighted by Gasteiger charge is 2.40. The molecule has 0 saturated carbocycles. The highest BCUT2D eigenvalue weighted by molar-refractivity contribution is 8.00. The number of carbonyl (C=O) groups excluding carboxylic acids is 3. The van der Waals surface area contributed by atoms with Crippen LogP contribution in [0.15, 0.2) is 54.7 Å². The second-order valence-corrected chi connectivity index (χ2v) is 16.0. The Balaban J connectivity index is 1.24. The maximum Gasteiger partial charge on any atom is 0.407 e.